The summed E-state index contributed by atoms with van der Waals surface area (Å²) in [5, 5.41) is 11.2. The van der Waals surface area contributed by atoms with Crippen molar-refractivity contribution in [3.8, 4) is 0 Å². The molecular formula is C22H18ClN3S. The molecule has 5 heteroatoms. The number of rotatable bonds is 5. The van der Waals surface area contributed by atoms with Crippen molar-refractivity contribution < 1.29 is 0 Å². The Balaban J connectivity index is 1.73. The fraction of sp³-hybridized carbons (Fsp3) is 0.0909. The molecule has 3 nitrogen and oxygen atoms in total. The van der Waals surface area contributed by atoms with Gasteiger partial charge in [0.15, 0.2) is 5.16 Å². The van der Waals surface area contributed by atoms with Crippen molar-refractivity contribution in [2.24, 2.45) is 0 Å². The zero-order valence-corrected chi connectivity index (χ0v) is 16.2. The standard InChI is InChI=1S/C22H18ClN3S/c23-18-12-10-17(11-13-18)15-27-22-25-20-9-5-4-8-19(20)21(24)26(22)14-16-6-2-1-3-7-16/h1-13,24H,14-15H2. The topological polar surface area (TPSA) is 41.7 Å². The van der Waals surface area contributed by atoms with Gasteiger partial charge >= 0.3 is 0 Å². The van der Waals surface area contributed by atoms with Crippen LogP contribution >= 0.6 is 23.4 Å². The van der Waals surface area contributed by atoms with Crippen molar-refractivity contribution in [3.63, 3.8) is 0 Å². The molecule has 0 radical (unpaired) electrons. The van der Waals surface area contributed by atoms with Crippen molar-refractivity contribution in [2.75, 3.05) is 0 Å². The van der Waals surface area contributed by atoms with Crippen LogP contribution in [0.4, 0.5) is 0 Å². The van der Waals surface area contributed by atoms with Crippen LogP contribution in [0, 0.1) is 5.41 Å². The second-order valence-corrected chi connectivity index (χ2v) is 7.63. The first-order valence-electron chi connectivity index (χ1n) is 8.66. The van der Waals surface area contributed by atoms with Crippen LogP contribution in [-0.2, 0) is 12.3 Å². The Kier molecular flexibility index (Phi) is 5.28. The monoisotopic (exact) mass is 391 g/mol. The Morgan fingerprint density at radius 3 is 2.33 bits per heavy atom. The number of hydrogen-bond acceptors (Lipinski definition) is 3. The Labute approximate surface area is 167 Å². The summed E-state index contributed by atoms with van der Waals surface area (Å²) in [5.41, 5.74) is 3.67. The van der Waals surface area contributed by atoms with E-state index in [1.54, 1.807) is 11.8 Å². The van der Waals surface area contributed by atoms with Gasteiger partial charge in [0.05, 0.1) is 12.1 Å². The summed E-state index contributed by atoms with van der Waals surface area (Å²) in [6, 6.07) is 25.9. The van der Waals surface area contributed by atoms with Crippen LogP contribution in [0.15, 0.2) is 84.0 Å². The Bertz CT molecular complexity index is 1120. The third-order valence-electron chi connectivity index (χ3n) is 4.34. The average molecular weight is 392 g/mol. The van der Waals surface area contributed by atoms with Gasteiger partial charge in [-0.15, -0.1) is 0 Å². The number of halogens is 1. The molecule has 4 rings (SSSR count). The van der Waals surface area contributed by atoms with Crippen LogP contribution < -0.4 is 5.49 Å². The fourth-order valence-corrected chi connectivity index (χ4v) is 4.02. The SMILES string of the molecule is N=c1c2ccccc2nc(SCc2ccc(Cl)cc2)n1Cc1ccccc1. The van der Waals surface area contributed by atoms with Gasteiger partial charge in [0.1, 0.15) is 5.49 Å². The highest BCUT2D eigenvalue weighted by molar-refractivity contribution is 7.98. The van der Waals surface area contributed by atoms with Crippen LogP contribution in [0.5, 0.6) is 0 Å². The maximum atomic E-state index is 8.73. The van der Waals surface area contributed by atoms with Gasteiger partial charge in [-0.05, 0) is 35.4 Å². The highest BCUT2D eigenvalue weighted by atomic mass is 35.5. The number of benzene rings is 3. The molecule has 134 valence electrons. The third-order valence-corrected chi connectivity index (χ3v) is 5.64. The molecule has 4 aromatic rings. The lowest BCUT2D eigenvalue weighted by Crippen LogP contribution is -2.24. The summed E-state index contributed by atoms with van der Waals surface area (Å²) in [7, 11) is 0. The first-order valence-corrected chi connectivity index (χ1v) is 10.0. The van der Waals surface area contributed by atoms with Crippen LogP contribution in [-0.4, -0.2) is 9.55 Å². The van der Waals surface area contributed by atoms with E-state index in [9.17, 15) is 0 Å². The zero-order valence-electron chi connectivity index (χ0n) is 14.6. The van der Waals surface area contributed by atoms with Crippen LogP contribution in [0.25, 0.3) is 10.9 Å². The van der Waals surface area contributed by atoms with Crippen molar-refractivity contribution in [1.82, 2.24) is 9.55 Å². The van der Waals surface area contributed by atoms with Gasteiger partial charge in [0.25, 0.3) is 0 Å². The summed E-state index contributed by atoms with van der Waals surface area (Å²) in [4.78, 5) is 4.84. The molecule has 0 bridgehead atoms. The summed E-state index contributed by atoms with van der Waals surface area (Å²) < 4.78 is 1.98. The van der Waals surface area contributed by atoms with Gasteiger partial charge in [0, 0.05) is 16.2 Å². The predicted molar refractivity (Wildman–Crippen MR) is 112 cm³/mol. The lowest BCUT2D eigenvalue weighted by Gasteiger charge is -2.15. The quantitative estimate of drug-likeness (QED) is 0.360. The number of para-hydroxylation sites is 1. The lowest BCUT2D eigenvalue weighted by atomic mass is 10.2. The zero-order chi connectivity index (χ0) is 18.6. The van der Waals surface area contributed by atoms with E-state index in [2.05, 4.69) is 12.1 Å². The van der Waals surface area contributed by atoms with Crippen molar-refractivity contribution >= 4 is 34.3 Å². The highest BCUT2D eigenvalue weighted by Crippen LogP contribution is 2.23. The molecule has 0 fully saturated rings. The lowest BCUT2D eigenvalue weighted by molar-refractivity contribution is 0.639. The van der Waals surface area contributed by atoms with E-state index in [0.29, 0.717) is 12.0 Å². The number of aromatic nitrogens is 2. The molecule has 0 aliphatic heterocycles. The van der Waals surface area contributed by atoms with E-state index in [1.807, 2.05) is 71.3 Å². The highest BCUT2D eigenvalue weighted by Gasteiger charge is 2.10. The Morgan fingerprint density at radius 2 is 1.56 bits per heavy atom. The first kappa shape index (κ1) is 17.8. The predicted octanol–water partition coefficient (Wildman–Crippen LogP) is 5.51. The molecule has 0 saturated heterocycles. The van der Waals surface area contributed by atoms with Gasteiger partial charge in [-0.25, -0.2) is 4.98 Å². The molecule has 0 saturated carbocycles. The van der Waals surface area contributed by atoms with Gasteiger partial charge < -0.3 is 4.57 Å². The van der Waals surface area contributed by atoms with E-state index in [0.717, 1.165) is 32.4 Å². The Morgan fingerprint density at radius 1 is 0.852 bits per heavy atom. The van der Waals surface area contributed by atoms with Crippen molar-refractivity contribution in [2.45, 2.75) is 17.5 Å². The molecule has 1 aromatic heterocycles. The second kappa shape index (κ2) is 7.99. The molecule has 0 spiro atoms. The van der Waals surface area contributed by atoms with Gasteiger partial charge in [-0.3, -0.25) is 5.41 Å². The van der Waals surface area contributed by atoms with E-state index < -0.39 is 0 Å². The number of nitrogens with one attached hydrogen (secondary N) is 1. The van der Waals surface area contributed by atoms with Gasteiger partial charge in [-0.2, -0.15) is 0 Å². The summed E-state index contributed by atoms with van der Waals surface area (Å²) in [6.45, 7) is 0.625. The maximum absolute atomic E-state index is 8.73. The average Bonchev–Trinajstić information content (AvgIpc) is 2.71. The van der Waals surface area contributed by atoms with Crippen LogP contribution in [0.2, 0.25) is 5.02 Å². The number of fused-ring (bicyclic) bond motifs is 1. The summed E-state index contributed by atoms with van der Waals surface area (Å²) in [6.07, 6.45) is 0. The number of nitrogens with zero attached hydrogens (tertiary/aromatic N) is 2. The fourth-order valence-electron chi connectivity index (χ4n) is 2.93. The van der Waals surface area contributed by atoms with Crippen LogP contribution in [0.1, 0.15) is 11.1 Å². The molecule has 0 aliphatic carbocycles. The second-order valence-electron chi connectivity index (χ2n) is 6.25. The molecule has 1 N–H and O–H groups in total. The molecule has 27 heavy (non-hydrogen) atoms. The third kappa shape index (κ3) is 4.07. The van der Waals surface area contributed by atoms with Crippen LogP contribution in [0.3, 0.4) is 0 Å². The molecular weight excluding hydrogens is 374 g/mol. The molecule has 0 amide bonds. The number of thioether (sulfide) groups is 1. The minimum Gasteiger partial charge on any atom is -0.301 e. The Hall–Kier alpha value is -2.56. The molecule has 1 heterocycles. The van der Waals surface area contributed by atoms with E-state index >= 15 is 0 Å². The number of hydrogen-bond donors (Lipinski definition) is 1. The molecule has 0 atom stereocenters. The van der Waals surface area contributed by atoms with Crippen molar-refractivity contribution in [1.29, 1.82) is 5.41 Å². The van der Waals surface area contributed by atoms with E-state index in [-0.39, 0.29) is 0 Å². The largest absolute Gasteiger partial charge is 0.301 e. The van der Waals surface area contributed by atoms with Gasteiger partial charge in [0.2, 0.25) is 0 Å². The van der Waals surface area contributed by atoms with E-state index in [4.69, 9.17) is 22.0 Å². The minimum absolute atomic E-state index is 0.489. The molecule has 0 aliphatic rings. The molecule has 3 aromatic carbocycles. The van der Waals surface area contributed by atoms with Gasteiger partial charge in [-0.1, -0.05) is 78.0 Å². The summed E-state index contributed by atoms with van der Waals surface area (Å²) in [5.74, 6) is 0.775. The minimum atomic E-state index is 0.489. The molecule has 0 unspecified atom stereocenters. The summed E-state index contributed by atoms with van der Waals surface area (Å²) >= 11 is 7.63. The first-order chi connectivity index (χ1) is 13.2. The van der Waals surface area contributed by atoms with Crippen molar-refractivity contribution in [3.05, 3.63) is 101 Å². The smallest absolute Gasteiger partial charge is 0.170 e. The van der Waals surface area contributed by atoms with E-state index in [1.165, 1.54) is 5.56 Å². The maximum Gasteiger partial charge on any atom is 0.170 e. The normalized spacial score (nSPS) is 11.0.